The molecule has 3 aromatic heterocycles. The van der Waals surface area contributed by atoms with E-state index in [2.05, 4.69) is 17.2 Å². The lowest BCUT2D eigenvalue weighted by atomic mass is 10.1. The van der Waals surface area contributed by atoms with Crippen LogP contribution >= 0.6 is 0 Å². The lowest BCUT2D eigenvalue weighted by Crippen LogP contribution is -2.42. The Morgan fingerprint density at radius 3 is 2.90 bits per heavy atom. The standard InChI is InChI=1S/C22H26N4O4/c1-4-7-15-12-18(25-29-15)22(27)26-10-11-28-20(13-26)16-8-6-9-17(23-16)21-14(3)24-30-19(21)5-2/h6,8-9,12,20H,4-5,7,10-11,13H2,1-3H3. The highest BCUT2D eigenvalue weighted by molar-refractivity contribution is 5.92. The van der Waals surface area contributed by atoms with Crippen LogP contribution in [0.25, 0.3) is 11.3 Å². The van der Waals surface area contributed by atoms with Crippen molar-refractivity contribution in [3.05, 3.63) is 52.9 Å². The number of carbonyl (C=O) groups excluding carboxylic acids is 1. The van der Waals surface area contributed by atoms with Gasteiger partial charge in [0.15, 0.2) is 5.69 Å². The fourth-order valence-corrected chi connectivity index (χ4v) is 3.71. The molecule has 8 heteroatoms. The van der Waals surface area contributed by atoms with Crippen molar-refractivity contribution in [3.8, 4) is 11.3 Å². The van der Waals surface area contributed by atoms with E-state index in [1.54, 1.807) is 11.0 Å². The summed E-state index contributed by atoms with van der Waals surface area (Å²) in [7, 11) is 0. The Labute approximate surface area is 175 Å². The van der Waals surface area contributed by atoms with E-state index in [1.165, 1.54) is 0 Å². The smallest absolute Gasteiger partial charge is 0.276 e. The highest BCUT2D eigenvalue weighted by Gasteiger charge is 2.29. The minimum absolute atomic E-state index is 0.145. The molecule has 30 heavy (non-hydrogen) atoms. The maximum Gasteiger partial charge on any atom is 0.276 e. The molecule has 4 rings (SSSR count). The number of morpholine rings is 1. The van der Waals surface area contributed by atoms with Crippen LogP contribution < -0.4 is 0 Å². The number of carbonyl (C=O) groups is 1. The lowest BCUT2D eigenvalue weighted by molar-refractivity contribution is -0.0249. The number of aromatic nitrogens is 3. The van der Waals surface area contributed by atoms with Gasteiger partial charge in [0.05, 0.1) is 35.8 Å². The lowest BCUT2D eigenvalue weighted by Gasteiger charge is -2.32. The van der Waals surface area contributed by atoms with Gasteiger partial charge in [0.25, 0.3) is 5.91 Å². The molecule has 4 heterocycles. The fourth-order valence-electron chi connectivity index (χ4n) is 3.71. The van der Waals surface area contributed by atoms with Crippen LogP contribution in [0, 0.1) is 6.92 Å². The van der Waals surface area contributed by atoms with Crippen LogP contribution in [0.15, 0.2) is 33.3 Å². The van der Waals surface area contributed by atoms with Crippen LogP contribution in [0.3, 0.4) is 0 Å². The van der Waals surface area contributed by atoms with Crippen molar-refractivity contribution >= 4 is 5.91 Å². The van der Waals surface area contributed by atoms with E-state index in [-0.39, 0.29) is 12.0 Å². The summed E-state index contributed by atoms with van der Waals surface area (Å²) in [4.78, 5) is 19.4. The SMILES string of the molecule is CCCc1cc(C(=O)N2CCOC(c3cccc(-c4c(C)noc4CC)n3)C2)no1. The van der Waals surface area contributed by atoms with Crippen LogP contribution in [0.4, 0.5) is 0 Å². The summed E-state index contributed by atoms with van der Waals surface area (Å²) < 4.78 is 16.6. The Hall–Kier alpha value is -3.00. The van der Waals surface area contributed by atoms with Gasteiger partial charge in [0.1, 0.15) is 17.6 Å². The largest absolute Gasteiger partial charge is 0.368 e. The van der Waals surface area contributed by atoms with Gasteiger partial charge in [-0.05, 0) is 25.5 Å². The second kappa shape index (κ2) is 8.79. The molecule has 8 nitrogen and oxygen atoms in total. The first-order chi connectivity index (χ1) is 14.6. The van der Waals surface area contributed by atoms with E-state index >= 15 is 0 Å². The molecule has 0 aromatic carbocycles. The average Bonchev–Trinajstić information content (AvgIpc) is 3.40. The molecule has 1 atom stereocenters. The van der Waals surface area contributed by atoms with Crippen LogP contribution in [0.2, 0.25) is 0 Å². The molecule has 1 unspecified atom stereocenters. The Kier molecular flexibility index (Phi) is 5.94. The Balaban J connectivity index is 1.53. The minimum Gasteiger partial charge on any atom is -0.368 e. The van der Waals surface area contributed by atoms with Gasteiger partial charge in [-0.15, -0.1) is 0 Å². The molecule has 1 aliphatic rings. The van der Waals surface area contributed by atoms with E-state index < -0.39 is 0 Å². The van der Waals surface area contributed by atoms with Crippen molar-refractivity contribution in [1.29, 1.82) is 0 Å². The zero-order valence-electron chi connectivity index (χ0n) is 17.6. The third-order valence-corrected chi connectivity index (χ3v) is 5.24. The normalized spacial score (nSPS) is 16.8. The summed E-state index contributed by atoms with van der Waals surface area (Å²) in [6.07, 6.45) is 2.14. The molecule has 0 aliphatic carbocycles. The summed E-state index contributed by atoms with van der Waals surface area (Å²) in [5.74, 6) is 1.40. The van der Waals surface area contributed by atoms with Crippen molar-refractivity contribution in [1.82, 2.24) is 20.2 Å². The van der Waals surface area contributed by atoms with Gasteiger partial charge in [0, 0.05) is 25.5 Å². The molecule has 1 fully saturated rings. The predicted octanol–water partition coefficient (Wildman–Crippen LogP) is 3.76. The highest BCUT2D eigenvalue weighted by Crippen LogP contribution is 2.29. The molecule has 0 spiro atoms. The predicted molar refractivity (Wildman–Crippen MR) is 109 cm³/mol. The molecule has 0 saturated carbocycles. The molecular formula is C22H26N4O4. The highest BCUT2D eigenvalue weighted by atomic mass is 16.5. The third-order valence-electron chi connectivity index (χ3n) is 5.24. The number of amides is 1. The van der Waals surface area contributed by atoms with Gasteiger partial charge in [-0.2, -0.15) is 0 Å². The van der Waals surface area contributed by atoms with Gasteiger partial charge < -0.3 is 18.7 Å². The Morgan fingerprint density at radius 1 is 1.23 bits per heavy atom. The van der Waals surface area contributed by atoms with E-state index in [1.807, 2.05) is 32.0 Å². The summed E-state index contributed by atoms with van der Waals surface area (Å²) >= 11 is 0. The first kappa shape index (κ1) is 20.3. The molecular weight excluding hydrogens is 384 g/mol. The van der Waals surface area contributed by atoms with Gasteiger partial charge in [0.2, 0.25) is 0 Å². The second-order valence-corrected chi connectivity index (χ2v) is 7.41. The van der Waals surface area contributed by atoms with Gasteiger partial charge >= 0.3 is 0 Å². The maximum atomic E-state index is 12.9. The topological polar surface area (TPSA) is 94.5 Å². The van der Waals surface area contributed by atoms with Crippen LogP contribution in [0.5, 0.6) is 0 Å². The Bertz CT molecular complexity index is 1030. The molecule has 0 N–H and O–H groups in total. The van der Waals surface area contributed by atoms with Crippen molar-refractivity contribution in [2.75, 3.05) is 19.7 Å². The summed E-state index contributed by atoms with van der Waals surface area (Å²) in [6.45, 7) is 7.35. The first-order valence-electron chi connectivity index (χ1n) is 10.4. The molecule has 3 aromatic rings. The molecule has 158 valence electrons. The quantitative estimate of drug-likeness (QED) is 0.610. The zero-order chi connectivity index (χ0) is 21.1. The average molecular weight is 410 g/mol. The number of pyridine rings is 1. The van der Waals surface area contributed by atoms with Crippen molar-refractivity contribution in [3.63, 3.8) is 0 Å². The van der Waals surface area contributed by atoms with E-state index in [0.29, 0.717) is 25.4 Å². The minimum atomic E-state index is -0.310. The van der Waals surface area contributed by atoms with Crippen LogP contribution in [-0.4, -0.2) is 45.8 Å². The summed E-state index contributed by atoms with van der Waals surface area (Å²) in [5.41, 5.74) is 3.66. The molecule has 1 aliphatic heterocycles. The van der Waals surface area contributed by atoms with Crippen molar-refractivity contribution < 1.29 is 18.6 Å². The van der Waals surface area contributed by atoms with E-state index in [9.17, 15) is 4.79 Å². The number of hydrogen-bond donors (Lipinski definition) is 0. The molecule has 0 radical (unpaired) electrons. The monoisotopic (exact) mass is 410 g/mol. The number of aryl methyl sites for hydroxylation is 3. The Morgan fingerprint density at radius 2 is 2.10 bits per heavy atom. The summed E-state index contributed by atoms with van der Waals surface area (Å²) in [6, 6.07) is 7.54. The van der Waals surface area contributed by atoms with Gasteiger partial charge in [-0.1, -0.05) is 30.2 Å². The second-order valence-electron chi connectivity index (χ2n) is 7.41. The number of rotatable bonds is 6. The maximum absolute atomic E-state index is 12.9. The molecule has 1 amide bonds. The molecule has 0 bridgehead atoms. The van der Waals surface area contributed by atoms with Crippen molar-refractivity contribution in [2.24, 2.45) is 0 Å². The van der Waals surface area contributed by atoms with Gasteiger partial charge in [-0.3, -0.25) is 4.79 Å². The first-order valence-corrected chi connectivity index (χ1v) is 10.4. The fraction of sp³-hybridized carbons (Fsp3) is 0.455. The number of ether oxygens (including phenoxy) is 1. The summed E-state index contributed by atoms with van der Waals surface area (Å²) in [5, 5.41) is 8.02. The van der Waals surface area contributed by atoms with Crippen LogP contribution in [0.1, 0.15) is 59.8 Å². The third kappa shape index (κ3) is 4.00. The van der Waals surface area contributed by atoms with E-state index in [4.69, 9.17) is 18.8 Å². The van der Waals surface area contributed by atoms with Crippen LogP contribution in [-0.2, 0) is 17.6 Å². The van der Waals surface area contributed by atoms with Crippen molar-refractivity contribution in [2.45, 2.75) is 46.1 Å². The molecule has 1 saturated heterocycles. The number of hydrogen-bond acceptors (Lipinski definition) is 7. The zero-order valence-corrected chi connectivity index (χ0v) is 17.6. The number of nitrogens with zero attached hydrogens (tertiary/aromatic N) is 4. The van der Waals surface area contributed by atoms with Gasteiger partial charge in [-0.25, -0.2) is 4.98 Å². The van der Waals surface area contributed by atoms with E-state index in [0.717, 1.165) is 53.4 Å².